The molecule has 1 unspecified atom stereocenters. The van der Waals surface area contributed by atoms with Gasteiger partial charge in [-0.25, -0.2) is 0 Å². The number of hydrogen-bond acceptors (Lipinski definition) is 4. The average molecular weight is 291 g/mol. The molecular formula is C17H25NO3. The van der Waals surface area contributed by atoms with Crippen molar-refractivity contribution >= 4 is 5.78 Å². The number of carbonyl (C=O) groups excluding carboxylic acids is 1. The Kier molecular flexibility index (Phi) is 6.36. The lowest BCUT2D eigenvalue weighted by molar-refractivity contribution is 0.0870. The van der Waals surface area contributed by atoms with Crippen LogP contribution in [0.2, 0.25) is 0 Å². The average Bonchev–Trinajstić information content (AvgIpc) is 2.53. The first-order chi connectivity index (χ1) is 10.2. The first-order valence-corrected chi connectivity index (χ1v) is 7.80. The van der Waals surface area contributed by atoms with E-state index in [2.05, 4.69) is 17.4 Å². The van der Waals surface area contributed by atoms with Crippen LogP contribution in [0.1, 0.15) is 41.3 Å². The third kappa shape index (κ3) is 4.63. The molecule has 1 atom stereocenters. The minimum Gasteiger partial charge on any atom is -0.394 e. The van der Waals surface area contributed by atoms with Crippen LogP contribution in [0.15, 0.2) is 18.2 Å². The monoisotopic (exact) mass is 291 g/mol. The van der Waals surface area contributed by atoms with Crippen LogP contribution in [0.4, 0.5) is 0 Å². The minimum absolute atomic E-state index is 0.0314. The molecule has 0 saturated carbocycles. The summed E-state index contributed by atoms with van der Waals surface area (Å²) in [6, 6.07) is 5.91. The van der Waals surface area contributed by atoms with Crippen molar-refractivity contribution in [3.05, 3.63) is 34.9 Å². The molecule has 1 aromatic carbocycles. The number of fused-ring (bicyclic) bond motifs is 1. The normalized spacial score (nSPS) is 15.5. The van der Waals surface area contributed by atoms with Gasteiger partial charge in [-0.1, -0.05) is 12.1 Å². The summed E-state index contributed by atoms with van der Waals surface area (Å²) in [6.45, 7) is 3.37. The van der Waals surface area contributed by atoms with E-state index in [9.17, 15) is 4.79 Å². The molecule has 4 nitrogen and oxygen atoms in total. The quantitative estimate of drug-likeness (QED) is 0.566. The van der Waals surface area contributed by atoms with Crippen molar-refractivity contribution in [2.75, 3.05) is 26.4 Å². The van der Waals surface area contributed by atoms with E-state index in [1.807, 2.05) is 13.0 Å². The zero-order valence-corrected chi connectivity index (χ0v) is 12.7. The maximum absolute atomic E-state index is 12.4. The number of hydrogen-bond donors (Lipinski definition) is 2. The predicted octanol–water partition coefficient (Wildman–Crippen LogP) is 1.74. The van der Waals surface area contributed by atoms with Gasteiger partial charge in [-0.3, -0.25) is 4.79 Å². The highest BCUT2D eigenvalue weighted by Crippen LogP contribution is 2.22. The molecule has 1 aromatic rings. The van der Waals surface area contributed by atoms with Crippen molar-refractivity contribution in [3.63, 3.8) is 0 Å². The zero-order chi connectivity index (χ0) is 15.1. The van der Waals surface area contributed by atoms with E-state index in [1.165, 1.54) is 24.0 Å². The van der Waals surface area contributed by atoms with Crippen LogP contribution in [0, 0.1) is 0 Å². The molecule has 1 aliphatic carbocycles. The van der Waals surface area contributed by atoms with Crippen LogP contribution in [-0.2, 0) is 17.6 Å². The van der Waals surface area contributed by atoms with Gasteiger partial charge in [-0.05, 0) is 49.8 Å². The number of ketones is 1. The van der Waals surface area contributed by atoms with Gasteiger partial charge in [-0.2, -0.15) is 0 Å². The van der Waals surface area contributed by atoms with E-state index in [0.29, 0.717) is 19.8 Å². The topological polar surface area (TPSA) is 58.6 Å². The summed E-state index contributed by atoms with van der Waals surface area (Å²) in [5.74, 6) is 0.130. The highest BCUT2D eigenvalue weighted by Gasteiger charge is 2.17. The maximum Gasteiger partial charge on any atom is 0.179 e. The van der Waals surface area contributed by atoms with Gasteiger partial charge in [0.05, 0.1) is 25.9 Å². The van der Waals surface area contributed by atoms with E-state index in [4.69, 9.17) is 9.84 Å². The van der Waals surface area contributed by atoms with E-state index in [0.717, 1.165) is 18.4 Å². The first-order valence-electron chi connectivity index (χ1n) is 7.80. The molecule has 0 fully saturated rings. The van der Waals surface area contributed by atoms with Gasteiger partial charge < -0.3 is 15.2 Å². The van der Waals surface area contributed by atoms with Crippen molar-refractivity contribution in [2.24, 2.45) is 0 Å². The molecule has 2 rings (SSSR count). The number of Topliss-reactive ketones (excluding diaryl/α,β-unsaturated/α-hetero) is 1. The third-order valence-corrected chi connectivity index (χ3v) is 3.96. The molecular weight excluding hydrogens is 266 g/mol. The van der Waals surface area contributed by atoms with Crippen molar-refractivity contribution < 1.29 is 14.6 Å². The summed E-state index contributed by atoms with van der Waals surface area (Å²) in [7, 11) is 0. The fourth-order valence-corrected chi connectivity index (χ4v) is 2.74. The maximum atomic E-state index is 12.4. The second-order valence-corrected chi connectivity index (χ2v) is 5.57. The molecule has 1 aliphatic rings. The van der Waals surface area contributed by atoms with Crippen molar-refractivity contribution in [1.82, 2.24) is 5.32 Å². The molecule has 0 aliphatic heterocycles. The number of carbonyl (C=O) groups is 1. The number of rotatable bonds is 8. The number of nitrogens with one attached hydrogen (secondary N) is 1. The molecule has 0 spiro atoms. The standard InChI is InChI=1S/C17H25NO3/c1-13(18-8-10-21-11-9-19)17(20)16-7-6-14-4-2-3-5-15(14)12-16/h6-7,12-13,18-19H,2-5,8-11H2,1H3. The van der Waals surface area contributed by atoms with E-state index in [1.54, 1.807) is 0 Å². The fourth-order valence-electron chi connectivity index (χ4n) is 2.74. The van der Waals surface area contributed by atoms with Gasteiger partial charge >= 0.3 is 0 Å². The van der Waals surface area contributed by atoms with E-state index < -0.39 is 0 Å². The van der Waals surface area contributed by atoms with Gasteiger partial charge in [-0.15, -0.1) is 0 Å². The number of benzene rings is 1. The Balaban J connectivity index is 1.87. The van der Waals surface area contributed by atoms with Crippen LogP contribution in [-0.4, -0.2) is 43.3 Å². The number of aliphatic hydroxyl groups is 1. The Hall–Kier alpha value is -1.23. The Bertz CT molecular complexity index is 473. The predicted molar refractivity (Wildman–Crippen MR) is 82.8 cm³/mol. The smallest absolute Gasteiger partial charge is 0.179 e. The minimum atomic E-state index is -0.218. The third-order valence-electron chi connectivity index (χ3n) is 3.96. The summed E-state index contributed by atoms with van der Waals surface area (Å²) in [5.41, 5.74) is 3.54. The molecule has 0 aromatic heterocycles. The lowest BCUT2D eigenvalue weighted by Crippen LogP contribution is -2.36. The van der Waals surface area contributed by atoms with E-state index in [-0.39, 0.29) is 18.4 Å². The Labute approximate surface area is 126 Å². The summed E-state index contributed by atoms with van der Waals surface area (Å²) in [6.07, 6.45) is 4.71. The summed E-state index contributed by atoms with van der Waals surface area (Å²) >= 11 is 0. The van der Waals surface area contributed by atoms with Crippen molar-refractivity contribution in [2.45, 2.75) is 38.6 Å². The molecule has 116 valence electrons. The van der Waals surface area contributed by atoms with E-state index >= 15 is 0 Å². The van der Waals surface area contributed by atoms with Crippen LogP contribution >= 0.6 is 0 Å². The van der Waals surface area contributed by atoms with Crippen LogP contribution < -0.4 is 5.32 Å². The van der Waals surface area contributed by atoms with Gasteiger partial charge in [0.2, 0.25) is 0 Å². The number of ether oxygens (including phenoxy) is 1. The summed E-state index contributed by atoms with van der Waals surface area (Å²) < 4.78 is 5.17. The van der Waals surface area contributed by atoms with Gasteiger partial charge in [0, 0.05) is 12.1 Å². The highest BCUT2D eigenvalue weighted by atomic mass is 16.5. The second kappa shape index (κ2) is 8.27. The SMILES string of the molecule is CC(NCCOCCO)C(=O)c1ccc2c(c1)CCCC2. The molecule has 4 heteroatoms. The summed E-state index contributed by atoms with van der Waals surface area (Å²) in [4.78, 5) is 12.4. The zero-order valence-electron chi connectivity index (χ0n) is 12.7. The Morgan fingerprint density at radius 2 is 2.05 bits per heavy atom. The number of aliphatic hydroxyl groups excluding tert-OH is 1. The Morgan fingerprint density at radius 3 is 2.81 bits per heavy atom. The fraction of sp³-hybridized carbons (Fsp3) is 0.588. The van der Waals surface area contributed by atoms with Crippen molar-refractivity contribution in [1.29, 1.82) is 0 Å². The molecule has 0 saturated heterocycles. The molecule has 21 heavy (non-hydrogen) atoms. The van der Waals surface area contributed by atoms with Crippen molar-refractivity contribution in [3.8, 4) is 0 Å². The van der Waals surface area contributed by atoms with Gasteiger partial charge in [0.25, 0.3) is 0 Å². The molecule has 2 N–H and O–H groups in total. The second-order valence-electron chi connectivity index (χ2n) is 5.57. The largest absolute Gasteiger partial charge is 0.394 e. The highest BCUT2D eigenvalue weighted by molar-refractivity contribution is 6.00. The van der Waals surface area contributed by atoms with Crippen LogP contribution in [0.25, 0.3) is 0 Å². The number of aryl methyl sites for hydroxylation is 2. The van der Waals surface area contributed by atoms with Crippen LogP contribution in [0.5, 0.6) is 0 Å². The molecule has 0 bridgehead atoms. The molecule has 0 heterocycles. The summed E-state index contributed by atoms with van der Waals surface area (Å²) in [5, 5.41) is 11.8. The van der Waals surface area contributed by atoms with Gasteiger partial charge in [0.1, 0.15) is 0 Å². The van der Waals surface area contributed by atoms with Gasteiger partial charge in [0.15, 0.2) is 5.78 Å². The lowest BCUT2D eigenvalue weighted by Gasteiger charge is -2.18. The molecule has 0 amide bonds. The van der Waals surface area contributed by atoms with Crippen LogP contribution in [0.3, 0.4) is 0 Å². The molecule has 0 radical (unpaired) electrons. The first kappa shape index (κ1) is 16.1. The lowest BCUT2D eigenvalue weighted by atomic mass is 9.89. The Morgan fingerprint density at radius 1 is 1.29 bits per heavy atom.